The van der Waals surface area contributed by atoms with Crippen LogP contribution >= 0.6 is 0 Å². The smallest absolute Gasteiger partial charge is 0.262 e. The maximum Gasteiger partial charge on any atom is 0.262 e. The number of carbonyl (C=O) groups is 4. The molecule has 0 saturated carbocycles. The zero-order chi connectivity index (χ0) is 19.3. The Morgan fingerprint density at radius 2 is 1.93 bits per heavy atom. The number of amides is 4. The van der Waals surface area contributed by atoms with Crippen LogP contribution in [-0.4, -0.2) is 58.6 Å². The first-order chi connectivity index (χ1) is 12.9. The molecular weight excluding hydrogens is 348 g/mol. The number of hydrogen-bond acceptors (Lipinski definition) is 6. The number of nitrogens with zero attached hydrogens (tertiary/aromatic N) is 2. The molecule has 0 aromatic heterocycles. The molecule has 3 aliphatic heterocycles. The number of hydrogen-bond donors (Lipinski definition) is 2. The van der Waals surface area contributed by atoms with Crippen LogP contribution in [-0.2, 0) is 16.1 Å². The minimum absolute atomic E-state index is 0.114. The first-order valence-electron chi connectivity index (χ1n) is 9.18. The van der Waals surface area contributed by atoms with Crippen LogP contribution in [0.25, 0.3) is 0 Å². The van der Waals surface area contributed by atoms with Gasteiger partial charge >= 0.3 is 0 Å². The van der Waals surface area contributed by atoms with Crippen molar-refractivity contribution in [2.45, 2.75) is 38.4 Å². The van der Waals surface area contributed by atoms with Crippen molar-refractivity contribution in [3.8, 4) is 0 Å². The Morgan fingerprint density at radius 3 is 2.59 bits per heavy atom. The molecule has 142 valence electrons. The van der Waals surface area contributed by atoms with Gasteiger partial charge in [-0.05, 0) is 30.9 Å². The van der Waals surface area contributed by atoms with Gasteiger partial charge in [0.25, 0.3) is 11.8 Å². The topological polar surface area (TPSA) is 113 Å². The predicted molar refractivity (Wildman–Crippen MR) is 95.5 cm³/mol. The van der Waals surface area contributed by atoms with E-state index in [9.17, 15) is 19.2 Å². The van der Waals surface area contributed by atoms with Crippen molar-refractivity contribution < 1.29 is 19.2 Å². The molecule has 4 rings (SSSR count). The standard InChI is InChI=1S/C19H22N4O4/c1-10(20)12-8-22(9-12)7-11-3-2-4-13-16(11)19(27)23(18(13)26)14-5-6-15(24)21-17(14)25/h2-4,10,12,14H,5-9,20H2,1H3,(H,21,24,25). The molecule has 2 saturated heterocycles. The average molecular weight is 370 g/mol. The van der Waals surface area contributed by atoms with E-state index in [2.05, 4.69) is 10.2 Å². The number of nitrogens with one attached hydrogen (secondary N) is 1. The quantitative estimate of drug-likeness (QED) is 0.714. The molecule has 3 aliphatic rings. The van der Waals surface area contributed by atoms with Gasteiger partial charge in [0, 0.05) is 32.1 Å². The number of benzene rings is 1. The normalized spacial score (nSPS) is 24.7. The fraction of sp³-hybridized carbons (Fsp3) is 0.474. The summed E-state index contributed by atoms with van der Waals surface area (Å²) in [4.78, 5) is 52.5. The van der Waals surface area contributed by atoms with Crippen molar-refractivity contribution in [1.82, 2.24) is 15.1 Å². The second kappa shape index (κ2) is 6.54. The molecule has 3 N–H and O–H groups in total. The summed E-state index contributed by atoms with van der Waals surface area (Å²) in [6, 6.07) is 4.42. The van der Waals surface area contributed by atoms with E-state index in [-0.39, 0.29) is 24.8 Å². The Labute approximate surface area is 156 Å². The summed E-state index contributed by atoms with van der Waals surface area (Å²) in [6.07, 6.45) is 0.275. The second-order valence-electron chi connectivity index (χ2n) is 7.60. The Kier molecular flexibility index (Phi) is 4.32. The van der Waals surface area contributed by atoms with Crippen LogP contribution in [0.3, 0.4) is 0 Å². The van der Waals surface area contributed by atoms with E-state index >= 15 is 0 Å². The van der Waals surface area contributed by atoms with Crippen LogP contribution in [0.1, 0.15) is 46.0 Å². The number of piperidine rings is 1. The number of nitrogens with two attached hydrogens (primary N) is 1. The van der Waals surface area contributed by atoms with E-state index in [0.717, 1.165) is 23.6 Å². The second-order valence-corrected chi connectivity index (χ2v) is 7.60. The van der Waals surface area contributed by atoms with Crippen LogP contribution in [0, 0.1) is 5.92 Å². The molecule has 2 atom stereocenters. The van der Waals surface area contributed by atoms with Gasteiger partial charge in [-0.3, -0.25) is 34.3 Å². The third kappa shape index (κ3) is 2.94. The molecule has 1 aromatic carbocycles. The summed E-state index contributed by atoms with van der Waals surface area (Å²) in [5.41, 5.74) is 7.39. The zero-order valence-corrected chi connectivity index (χ0v) is 15.1. The Bertz CT molecular complexity index is 844. The summed E-state index contributed by atoms with van der Waals surface area (Å²) < 4.78 is 0. The average Bonchev–Trinajstić information content (AvgIpc) is 2.83. The largest absolute Gasteiger partial charge is 0.328 e. The number of rotatable bonds is 4. The third-order valence-electron chi connectivity index (χ3n) is 5.68. The monoisotopic (exact) mass is 370 g/mol. The molecule has 27 heavy (non-hydrogen) atoms. The van der Waals surface area contributed by atoms with Crippen LogP contribution in [0.15, 0.2) is 18.2 Å². The first kappa shape index (κ1) is 17.8. The molecule has 0 spiro atoms. The lowest BCUT2D eigenvalue weighted by molar-refractivity contribution is -0.136. The lowest BCUT2D eigenvalue weighted by Crippen LogP contribution is -2.54. The number of carbonyl (C=O) groups excluding carboxylic acids is 4. The van der Waals surface area contributed by atoms with Crippen molar-refractivity contribution in [2.75, 3.05) is 13.1 Å². The van der Waals surface area contributed by atoms with Crippen molar-refractivity contribution >= 4 is 23.6 Å². The highest BCUT2D eigenvalue weighted by Crippen LogP contribution is 2.31. The highest BCUT2D eigenvalue weighted by Gasteiger charge is 2.45. The van der Waals surface area contributed by atoms with E-state index < -0.39 is 23.8 Å². The molecule has 0 bridgehead atoms. The predicted octanol–water partition coefficient (Wildman–Crippen LogP) is -0.133. The fourth-order valence-electron chi connectivity index (χ4n) is 4.03. The lowest BCUT2D eigenvalue weighted by Gasteiger charge is -2.41. The molecule has 4 amide bonds. The van der Waals surface area contributed by atoms with E-state index in [0.29, 0.717) is 23.6 Å². The van der Waals surface area contributed by atoms with Crippen LogP contribution in [0.4, 0.5) is 0 Å². The maximum absolute atomic E-state index is 13.0. The van der Waals surface area contributed by atoms with Gasteiger partial charge in [0.05, 0.1) is 11.1 Å². The Morgan fingerprint density at radius 1 is 1.19 bits per heavy atom. The minimum atomic E-state index is -0.936. The molecule has 3 heterocycles. The summed E-state index contributed by atoms with van der Waals surface area (Å²) in [5.74, 6) is -1.45. The number of imide groups is 2. The van der Waals surface area contributed by atoms with Crippen molar-refractivity contribution in [3.05, 3.63) is 34.9 Å². The van der Waals surface area contributed by atoms with Gasteiger partial charge in [0.15, 0.2) is 0 Å². The van der Waals surface area contributed by atoms with Gasteiger partial charge < -0.3 is 5.73 Å². The third-order valence-corrected chi connectivity index (χ3v) is 5.68. The van der Waals surface area contributed by atoms with Gasteiger partial charge in [-0.25, -0.2) is 0 Å². The molecular formula is C19H22N4O4. The molecule has 8 nitrogen and oxygen atoms in total. The summed E-state index contributed by atoms with van der Waals surface area (Å²) in [6.45, 7) is 4.28. The lowest BCUT2D eigenvalue weighted by atomic mass is 9.92. The van der Waals surface area contributed by atoms with Crippen LogP contribution in [0.2, 0.25) is 0 Å². The maximum atomic E-state index is 13.0. The molecule has 0 radical (unpaired) electrons. The van der Waals surface area contributed by atoms with Crippen molar-refractivity contribution in [1.29, 1.82) is 0 Å². The van der Waals surface area contributed by atoms with E-state index in [1.165, 1.54) is 0 Å². The highest BCUT2D eigenvalue weighted by atomic mass is 16.2. The van der Waals surface area contributed by atoms with Crippen LogP contribution < -0.4 is 11.1 Å². The van der Waals surface area contributed by atoms with Gasteiger partial charge in [-0.2, -0.15) is 0 Å². The van der Waals surface area contributed by atoms with Crippen LogP contribution in [0.5, 0.6) is 0 Å². The SMILES string of the molecule is CC(N)C1CN(Cc2cccc3c2C(=O)N(C2CCC(=O)NC2=O)C3=O)C1. The molecule has 1 aromatic rings. The molecule has 2 fully saturated rings. The van der Waals surface area contributed by atoms with Gasteiger partial charge in [0.1, 0.15) is 6.04 Å². The number of fused-ring (bicyclic) bond motifs is 1. The van der Waals surface area contributed by atoms with Crippen molar-refractivity contribution in [3.63, 3.8) is 0 Å². The first-order valence-corrected chi connectivity index (χ1v) is 9.18. The molecule has 0 aliphatic carbocycles. The summed E-state index contributed by atoms with van der Waals surface area (Å²) >= 11 is 0. The minimum Gasteiger partial charge on any atom is -0.328 e. The zero-order valence-electron chi connectivity index (χ0n) is 15.1. The Balaban J connectivity index is 1.57. The number of likely N-dealkylation sites (tertiary alicyclic amines) is 1. The fourth-order valence-corrected chi connectivity index (χ4v) is 4.03. The summed E-state index contributed by atoms with van der Waals surface area (Å²) in [5, 5.41) is 2.21. The van der Waals surface area contributed by atoms with E-state index in [4.69, 9.17) is 5.73 Å². The van der Waals surface area contributed by atoms with Crippen molar-refractivity contribution in [2.24, 2.45) is 11.7 Å². The van der Waals surface area contributed by atoms with E-state index in [1.54, 1.807) is 12.1 Å². The molecule has 2 unspecified atom stereocenters. The van der Waals surface area contributed by atoms with Gasteiger partial charge in [-0.15, -0.1) is 0 Å². The highest BCUT2D eigenvalue weighted by molar-refractivity contribution is 6.24. The van der Waals surface area contributed by atoms with Gasteiger partial charge in [-0.1, -0.05) is 12.1 Å². The van der Waals surface area contributed by atoms with E-state index in [1.807, 2.05) is 13.0 Å². The summed E-state index contributed by atoms with van der Waals surface area (Å²) in [7, 11) is 0. The van der Waals surface area contributed by atoms with Gasteiger partial charge in [0.2, 0.25) is 11.8 Å². The molecule has 8 heteroatoms. The Hall–Kier alpha value is -2.58.